The van der Waals surface area contributed by atoms with Crippen molar-refractivity contribution in [3.63, 3.8) is 0 Å². The van der Waals surface area contributed by atoms with Crippen LogP contribution >= 0.6 is 11.6 Å². The highest BCUT2D eigenvalue weighted by Gasteiger charge is 2.22. The van der Waals surface area contributed by atoms with Gasteiger partial charge >= 0.3 is 5.97 Å². The molecule has 2 atom stereocenters. The monoisotopic (exact) mass is 393 g/mol. The number of nitrogens with one attached hydrogen (secondary N) is 1. The van der Waals surface area contributed by atoms with Gasteiger partial charge in [-0.15, -0.1) is 0 Å². The molecule has 0 fully saturated rings. The Kier molecular flexibility index (Phi) is 7.36. The van der Waals surface area contributed by atoms with Gasteiger partial charge in [-0.3, -0.25) is 9.00 Å². The van der Waals surface area contributed by atoms with Crippen LogP contribution in [-0.2, 0) is 26.9 Å². The Balaban J connectivity index is 2.00. The van der Waals surface area contributed by atoms with Crippen LogP contribution in [0.25, 0.3) is 0 Å². The van der Waals surface area contributed by atoms with E-state index in [1.807, 2.05) is 6.07 Å². The molecule has 0 saturated carbocycles. The molecule has 7 heteroatoms. The van der Waals surface area contributed by atoms with Crippen LogP contribution in [0, 0.1) is 0 Å². The Hall–Kier alpha value is -2.18. The van der Waals surface area contributed by atoms with Gasteiger partial charge in [-0.2, -0.15) is 0 Å². The number of ether oxygens (including phenoxy) is 1. The van der Waals surface area contributed by atoms with Gasteiger partial charge in [0.2, 0.25) is 0 Å². The zero-order valence-electron chi connectivity index (χ0n) is 14.5. The molecule has 2 aromatic carbocycles. The Morgan fingerprint density at radius 2 is 1.81 bits per heavy atom. The summed E-state index contributed by atoms with van der Waals surface area (Å²) in [4.78, 5) is 25.0. The van der Waals surface area contributed by atoms with Crippen LogP contribution in [0.5, 0.6) is 0 Å². The molecule has 0 aliphatic heterocycles. The van der Waals surface area contributed by atoms with Crippen LogP contribution in [0.4, 0.5) is 0 Å². The molecule has 0 unspecified atom stereocenters. The van der Waals surface area contributed by atoms with Gasteiger partial charge < -0.3 is 10.1 Å². The van der Waals surface area contributed by atoms with Crippen LogP contribution in [0.15, 0.2) is 53.4 Å². The van der Waals surface area contributed by atoms with Gasteiger partial charge in [-0.25, -0.2) is 4.79 Å². The summed E-state index contributed by atoms with van der Waals surface area (Å²) < 4.78 is 17.3. The van der Waals surface area contributed by atoms with Crippen molar-refractivity contribution in [2.45, 2.75) is 31.4 Å². The first-order chi connectivity index (χ1) is 12.4. The summed E-state index contributed by atoms with van der Waals surface area (Å²) in [5.74, 6) is -0.729. The molecule has 0 saturated heterocycles. The maximum Gasteiger partial charge on any atom is 0.340 e. The minimum atomic E-state index is -1.30. The molecule has 0 heterocycles. The molecule has 26 heavy (non-hydrogen) atoms. The molecule has 138 valence electrons. The molecule has 0 aromatic heterocycles. The van der Waals surface area contributed by atoms with Crippen molar-refractivity contribution in [2.24, 2.45) is 0 Å². The number of carbonyl (C=O) groups is 2. The van der Waals surface area contributed by atoms with Crippen molar-refractivity contribution in [1.29, 1.82) is 0 Å². The van der Waals surface area contributed by atoms with Crippen molar-refractivity contribution >= 4 is 34.3 Å². The van der Waals surface area contributed by atoms with E-state index in [0.717, 1.165) is 5.56 Å². The number of esters is 1. The molecule has 1 amide bonds. The average Bonchev–Trinajstić information content (AvgIpc) is 2.66. The smallest absolute Gasteiger partial charge is 0.340 e. The van der Waals surface area contributed by atoms with Crippen molar-refractivity contribution < 1.29 is 18.5 Å². The fraction of sp³-hybridized carbons (Fsp3) is 0.263. The molecule has 0 aliphatic carbocycles. The van der Waals surface area contributed by atoms with E-state index in [1.54, 1.807) is 49.4 Å². The minimum absolute atomic E-state index is 0.207. The van der Waals surface area contributed by atoms with Crippen LogP contribution in [0.1, 0.15) is 29.8 Å². The second kappa shape index (κ2) is 9.50. The van der Waals surface area contributed by atoms with Crippen molar-refractivity contribution in [3.8, 4) is 0 Å². The van der Waals surface area contributed by atoms with Gasteiger partial charge in [0.15, 0.2) is 6.10 Å². The number of benzene rings is 2. The predicted molar refractivity (Wildman–Crippen MR) is 102 cm³/mol. The standard InChI is InChI=1S/C19H20ClNO4S/c1-3-26(24)17-11-7-5-9-15(17)19(23)25-13(2)18(22)21-12-14-8-4-6-10-16(14)20/h4-11,13H,3,12H2,1-2H3,(H,21,22)/t13-,26+/m0/s1. The van der Waals surface area contributed by atoms with E-state index in [4.69, 9.17) is 16.3 Å². The molecule has 2 aromatic rings. The second-order valence-corrected chi connectivity index (χ2v) is 7.60. The number of carbonyl (C=O) groups excluding carboxylic acids is 2. The van der Waals surface area contributed by atoms with E-state index in [2.05, 4.69) is 5.32 Å². The number of hydrogen-bond donors (Lipinski definition) is 1. The van der Waals surface area contributed by atoms with Gasteiger partial charge in [0.1, 0.15) is 0 Å². The molecular weight excluding hydrogens is 374 g/mol. The number of halogens is 1. The molecule has 1 N–H and O–H groups in total. The Morgan fingerprint density at radius 3 is 2.50 bits per heavy atom. The van der Waals surface area contributed by atoms with E-state index in [9.17, 15) is 13.8 Å². The largest absolute Gasteiger partial charge is 0.449 e. The third-order valence-electron chi connectivity index (χ3n) is 3.68. The molecule has 0 radical (unpaired) electrons. The van der Waals surface area contributed by atoms with E-state index in [1.165, 1.54) is 6.92 Å². The Bertz CT molecular complexity index is 825. The van der Waals surface area contributed by atoms with Gasteiger partial charge in [0.25, 0.3) is 5.91 Å². The van der Waals surface area contributed by atoms with Gasteiger partial charge in [-0.05, 0) is 30.7 Å². The summed E-state index contributed by atoms with van der Waals surface area (Å²) >= 11 is 6.05. The Labute approximate surface area is 160 Å². The highest BCUT2D eigenvalue weighted by atomic mass is 35.5. The SMILES string of the molecule is CC[S@@](=O)c1ccccc1C(=O)O[C@@H](C)C(=O)NCc1ccccc1Cl. The zero-order valence-corrected chi connectivity index (χ0v) is 16.1. The summed E-state index contributed by atoms with van der Waals surface area (Å²) in [6.07, 6.45) is -0.992. The number of rotatable bonds is 7. The molecule has 2 rings (SSSR count). The Morgan fingerprint density at radius 1 is 1.15 bits per heavy atom. The minimum Gasteiger partial charge on any atom is -0.449 e. The molecule has 5 nitrogen and oxygen atoms in total. The summed E-state index contributed by atoms with van der Waals surface area (Å²) in [5, 5.41) is 3.23. The maximum absolute atomic E-state index is 12.4. The zero-order chi connectivity index (χ0) is 19.1. The van der Waals surface area contributed by atoms with Gasteiger partial charge in [0.05, 0.1) is 21.3 Å². The molecular formula is C19H20ClNO4S. The van der Waals surface area contributed by atoms with Gasteiger partial charge in [-0.1, -0.05) is 48.9 Å². The molecule has 0 aliphatic rings. The molecule has 0 bridgehead atoms. The molecule has 0 spiro atoms. The van der Waals surface area contributed by atoms with Crippen LogP contribution < -0.4 is 5.32 Å². The summed E-state index contributed by atoms with van der Waals surface area (Å²) in [6.45, 7) is 3.49. The fourth-order valence-corrected chi connectivity index (χ4v) is 3.38. The number of amides is 1. The highest BCUT2D eigenvalue weighted by molar-refractivity contribution is 7.85. The third-order valence-corrected chi connectivity index (χ3v) is 5.42. The van der Waals surface area contributed by atoms with Gasteiger partial charge in [0, 0.05) is 17.3 Å². The number of hydrogen-bond acceptors (Lipinski definition) is 4. The first-order valence-corrected chi connectivity index (χ1v) is 9.83. The van der Waals surface area contributed by atoms with E-state index in [-0.39, 0.29) is 12.1 Å². The lowest BCUT2D eigenvalue weighted by atomic mass is 10.2. The lowest BCUT2D eigenvalue weighted by Crippen LogP contribution is -2.35. The summed E-state index contributed by atoms with van der Waals surface area (Å²) in [7, 11) is -1.30. The first kappa shape index (κ1) is 20.1. The predicted octanol–water partition coefficient (Wildman–Crippen LogP) is 3.33. The lowest BCUT2D eigenvalue weighted by molar-refractivity contribution is -0.129. The quantitative estimate of drug-likeness (QED) is 0.732. The first-order valence-electron chi connectivity index (χ1n) is 8.13. The van der Waals surface area contributed by atoms with E-state index < -0.39 is 28.8 Å². The van der Waals surface area contributed by atoms with Crippen LogP contribution in [-0.4, -0.2) is 27.9 Å². The van der Waals surface area contributed by atoms with Crippen molar-refractivity contribution in [2.75, 3.05) is 5.75 Å². The van der Waals surface area contributed by atoms with E-state index >= 15 is 0 Å². The average molecular weight is 394 g/mol. The summed E-state index contributed by atoms with van der Waals surface area (Å²) in [5.41, 5.74) is 0.975. The normalized spacial score (nSPS) is 12.9. The maximum atomic E-state index is 12.4. The second-order valence-electron chi connectivity index (χ2n) is 5.49. The van der Waals surface area contributed by atoms with E-state index in [0.29, 0.717) is 15.7 Å². The summed E-state index contributed by atoms with van der Waals surface area (Å²) in [6, 6.07) is 13.7. The van der Waals surface area contributed by atoms with Crippen LogP contribution in [0.2, 0.25) is 5.02 Å². The fourth-order valence-electron chi connectivity index (χ4n) is 2.23. The third kappa shape index (κ3) is 5.16. The van der Waals surface area contributed by atoms with Crippen molar-refractivity contribution in [3.05, 3.63) is 64.7 Å². The lowest BCUT2D eigenvalue weighted by Gasteiger charge is -2.15. The topological polar surface area (TPSA) is 72.5 Å². The highest BCUT2D eigenvalue weighted by Crippen LogP contribution is 2.17. The van der Waals surface area contributed by atoms with Crippen LogP contribution in [0.3, 0.4) is 0 Å². The van der Waals surface area contributed by atoms with Crippen molar-refractivity contribution in [1.82, 2.24) is 5.32 Å².